The second kappa shape index (κ2) is 8.75. The van der Waals surface area contributed by atoms with E-state index >= 15 is 0 Å². The van der Waals surface area contributed by atoms with Crippen LogP contribution in [-0.2, 0) is 16.6 Å². The molecular weight excluding hydrogens is 432 g/mol. The molecule has 0 radical (unpaired) electrons. The van der Waals surface area contributed by atoms with E-state index in [1.165, 1.54) is 6.07 Å². The first-order valence-electron chi connectivity index (χ1n) is 9.47. The average molecular weight is 453 g/mol. The normalized spacial score (nSPS) is 11.3. The van der Waals surface area contributed by atoms with Crippen molar-refractivity contribution in [2.45, 2.75) is 17.7 Å². The number of aromatic nitrogens is 2. The molecule has 7 nitrogen and oxygen atoms in total. The fourth-order valence-corrected chi connectivity index (χ4v) is 5.17. The zero-order chi connectivity index (χ0) is 21.8. The molecule has 2 N–H and O–H groups in total. The van der Waals surface area contributed by atoms with Crippen molar-refractivity contribution in [3.63, 3.8) is 0 Å². The summed E-state index contributed by atoms with van der Waals surface area (Å²) in [5.74, 6) is 0.615. The van der Waals surface area contributed by atoms with Crippen molar-refractivity contribution in [2.24, 2.45) is 0 Å². The molecule has 0 aliphatic heterocycles. The smallest absolute Gasteiger partial charge is 0.271 e. The Morgan fingerprint density at radius 1 is 1.06 bits per heavy atom. The van der Waals surface area contributed by atoms with Crippen molar-refractivity contribution in [1.29, 1.82) is 0 Å². The number of sulfonamides is 1. The maximum atomic E-state index is 12.6. The van der Waals surface area contributed by atoms with Crippen LogP contribution in [0.15, 0.2) is 82.6 Å². The van der Waals surface area contributed by atoms with Gasteiger partial charge in [0.2, 0.25) is 0 Å². The molecule has 0 unspecified atom stereocenters. The Morgan fingerprint density at radius 3 is 2.52 bits per heavy atom. The van der Waals surface area contributed by atoms with Crippen LogP contribution in [-0.4, -0.2) is 23.9 Å². The van der Waals surface area contributed by atoms with Gasteiger partial charge < -0.3 is 9.88 Å². The molecule has 0 saturated heterocycles. The summed E-state index contributed by atoms with van der Waals surface area (Å²) < 4.78 is 29.3. The molecule has 31 heavy (non-hydrogen) atoms. The predicted molar refractivity (Wildman–Crippen MR) is 121 cm³/mol. The van der Waals surface area contributed by atoms with E-state index in [1.807, 2.05) is 42.0 Å². The molecule has 0 saturated carbocycles. The lowest BCUT2D eigenvalue weighted by Gasteiger charge is -2.13. The highest BCUT2D eigenvalue weighted by Gasteiger charge is 2.15. The van der Waals surface area contributed by atoms with Crippen molar-refractivity contribution in [2.75, 3.05) is 4.72 Å². The van der Waals surface area contributed by atoms with Crippen LogP contribution in [0.3, 0.4) is 0 Å². The predicted octanol–water partition coefficient (Wildman–Crippen LogP) is 3.97. The topological polar surface area (TPSA) is 93.1 Å². The lowest BCUT2D eigenvalue weighted by atomic mass is 10.1. The molecule has 4 rings (SSSR count). The number of imidazole rings is 1. The third-order valence-corrected chi connectivity index (χ3v) is 7.45. The Bertz CT molecular complexity index is 1290. The first-order chi connectivity index (χ1) is 14.9. The van der Waals surface area contributed by atoms with Crippen molar-refractivity contribution >= 4 is 33.0 Å². The third-order valence-electron chi connectivity index (χ3n) is 4.68. The summed E-state index contributed by atoms with van der Waals surface area (Å²) in [5.41, 5.74) is 2.75. The number of carbonyl (C=O) groups is 1. The standard InChI is InChI=1S/C22H20N4O3S2/c1-16-23-12-13-26(16)20-6-3-2-5-18(20)15-24-22(27)17-8-10-19(11-9-17)25-31(28,29)21-7-4-14-30-21/h2-14,25H,15H2,1H3,(H,24,27). The van der Waals surface area contributed by atoms with Gasteiger partial charge in [0.25, 0.3) is 15.9 Å². The van der Waals surface area contributed by atoms with E-state index in [0.29, 0.717) is 17.8 Å². The lowest BCUT2D eigenvalue weighted by molar-refractivity contribution is 0.0951. The van der Waals surface area contributed by atoms with Gasteiger partial charge in [-0.1, -0.05) is 24.3 Å². The van der Waals surface area contributed by atoms with Gasteiger partial charge in [-0.2, -0.15) is 0 Å². The minimum Gasteiger partial charge on any atom is -0.348 e. The Kier molecular flexibility index (Phi) is 5.88. The van der Waals surface area contributed by atoms with Gasteiger partial charge in [0, 0.05) is 30.2 Å². The Labute approximate surface area is 184 Å². The highest BCUT2D eigenvalue weighted by Crippen LogP contribution is 2.21. The Hall–Kier alpha value is -3.43. The van der Waals surface area contributed by atoms with Crippen LogP contribution in [0.25, 0.3) is 5.69 Å². The van der Waals surface area contributed by atoms with Crippen molar-refractivity contribution in [1.82, 2.24) is 14.9 Å². The fourth-order valence-electron chi connectivity index (χ4n) is 3.12. The van der Waals surface area contributed by atoms with E-state index in [1.54, 1.807) is 41.9 Å². The van der Waals surface area contributed by atoms with Gasteiger partial charge in [0.1, 0.15) is 10.0 Å². The summed E-state index contributed by atoms with van der Waals surface area (Å²) >= 11 is 1.14. The number of aryl methyl sites for hydroxylation is 1. The van der Waals surface area contributed by atoms with Gasteiger partial charge in [-0.15, -0.1) is 11.3 Å². The van der Waals surface area contributed by atoms with Gasteiger partial charge in [-0.05, 0) is 54.3 Å². The molecule has 0 fully saturated rings. The number of anilines is 1. The Balaban J connectivity index is 1.43. The number of hydrogen-bond acceptors (Lipinski definition) is 5. The van der Waals surface area contributed by atoms with E-state index in [2.05, 4.69) is 15.0 Å². The van der Waals surface area contributed by atoms with E-state index in [-0.39, 0.29) is 10.1 Å². The Morgan fingerprint density at radius 2 is 1.84 bits per heavy atom. The van der Waals surface area contributed by atoms with Crippen LogP contribution in [0.1, 0.15) is 21.7 Å². The maximum Gasteiger partial charge on any atom is 0.271 e. The minimum absolute atomic E-state index is 0.237. The van der Waals surface area contributed by atoms with Gasteiger partial charge >= 0.3 is 0 Å². The number of hydrogen-bond donors (Lipinski definition) is 2. The molecule has 0 aliphatic rings. The van der Waals surface area contributed by atoms with Crippen LogP contribution in [0.5, 0.6) is 0 Å². The molecule has 0 spiro atoms. The largest absolute Gasteiger partial charge is 0.348 e. The number of rotatable bonds is 7. The molecule has 2 heterocycles. The number of thiophene rings is 1. The SMILES string of the molecule is Cc1nccn1-c1ccccc1CNC(=O)c1ccc(NS(=O)(=O)c2cccs2)cc1. The van der Waals surface area contributed by atoms with Crippen molar-refractivity contribution in [3.8, 4) is 5.69 Å². The first-order valence-corrected chi connectivity index (χ1v) is 11.8. The molecule has 2 aromatic carbocycles. The van der Waals surface area contributed by atoms with E-state index in [0.717, 1.165) is 28.4 Å². The van der Waals surface area contributed by atoms with Crippen LogP contribution >= 0.6 is 11.3 Å². The van der Waals surface area contributed by atoms with Crippen molar-refractivity contribution in [3.05, 3.63) is 95.4 Å². The highest BCUT2D eigenvalue weighted by atomic mass is 32.2. The summed E-state index contributed by atoms with van der Waals surface area (Å²) in [6.07, 6.45) is 3.62. The monoisotopic (exact) mass is 452 g/mol. The molecule has 158 valence electrons. The zero-order valence-electron chi connectivity index (χ0n) is 16.6. The third kappa shape index (κ3) is 4.68. The zero-order valence-corrected chi connectivity index (χ0v) is 18.3. The average Bonchev–Trinajstić information content (AvgIpc) is 3.45. The van der Waals surface area contributed by atoms with Gasteiger partial charge in [-0.3, -0.25) is 9.52 Å². The summed E-state index contributed by atoms with van der Waals surface area (Å²) in [5, 5.41) is 4.62. The number of benzene rings is 2. The van der Waals surface area contributed by atoms with Crippen LogP contribution in [0.2, 0.25) is 0 Å². The van der Waals surface area contributed by atoms with Gasteiger partial charge in [-0.25, -0.2) is 13.4 Å². The summed E-state index contributed by atoms with van der Waals surface area (Å²) in [6, 6.07) is 17.3. The lowest BCUT2D eigenvalue weighted by Crippen LogP contribution is -2.23. The molecule has 4 aromatic rings. The highest BCUT2D eigenvalue weighted by molar-refractivity contribution is 7.94. The second-order valence-electron chi connectivity index (χ2n) is 6.77. The van der Waals surface area contributed by atoms with E-state index < -0.39 is 10.0 Å². The van der Waals surface area contributed by atoms with Crippen LogP contribution in [0.4, 0.5) is 5.69 Å². The molecular formula is C22H20N4O3S2. The van der Waals surface area contributed by atoms with E-state index in [4.69, 9.17) is 0 Å². The molecule has 9 heteroatoms. The second-order valence-corrected chi connectivity index (χ2v) is 9.63. The quantitative estimate of drug-likeness (QED) is 0.444. The molecule has 1 amide bonds. The van der Waals surface area contributed by atoms with Crippen LogP contribution < -0.4 is 10.0 Å². The minimum atomic E-state index is -3.62. The van der Waals surface area contributed by atoms with Crippen molar-refractivity contribution < 1.29 is 13.2 Å². The summed E-state index contributed by atoms with van der Waals surface area (Å²) in [4.78, 5) is 16.9. The molecule has 0 aliphatic carbocycles. The van der Waals surface area contributed by atoms with E-state index in [9.17, 15) is 13.2 Å². The maximum absolute atomic E-state index is 12.6. The van der Waals surface area contributed by atoms with Gasteiger partial charge in [0.15, 0.2) is 0 Å². The van der Waals surface area contributed by atoms with Crippen LogP contribution in [0, 0.1) is 6.92 Å². The number of para-hydroxylation sites is 1. The number of nitrogens with one attached hydrogen (secondary N) is 2. The van der Waals surface area contributed by atoms with Gasteiger partial charge in [0.05, 0.1) is 5.69 Å². The molecule has 0 bridgehead atoms. The number of amides is 1. The fraction of sp³-hybridized carbons (Fsp3) is 0.0909. The number of nitrogens with zero attached hydrogens (tertiary/aromatic N) is 2. The first kappa shape index (κ1) is 20.8. The molecule has 0 atom stereocenters. The summed E-state index contributed by atoms with van der Waals surface area (Å²) in [7, 11) is -3.62. The summed E-state index contributed by atoms with van der Waals surface area (Å²) in [6.45, 7) is 2.27. The molecule has 2 aromatic heterocycles. The number of carbonyl (C=O) groups excluding carboxylic acids is 1.